The minimum atomic E-state index is -2.97. The van der Waals surface area contributed by atoms with Crippen LogP contribution in [0.1, 0.15) is 16.8 Å². The summed E-state index contributed by atoms with van der Waals surface area (Å²) >= 11 is 0. The quantitative estimate of drug-likeness (QED) is 0.788. The summed E-state index contributed by atoms with van der Waals surface area (Å²) in [6.45, 7) is 0. The third-order valence-electron chi connectivity index (χ3n) is 3.43. The fourth-order valence-corrected chi connectivity index (χ4v) is 4.01. The molecule has 19 heavy (non-hydrogen) atoms. The SMILES string of the molecule is CN(c1ccc(N)c(C(=O)O)c1)C1CCS(=O)(=O)C1. The van der Waals surface area contributed by atoms with Crippen molar-refractivity contribution in [3.63, 3.8) is 0 Å². The number of aromatic carboxylic acids is 1. The molecule has 6 nitrogen and oxygen atoms in total. The topological polar surface area (TPSA) is 101 Å². The fraction of sp³-hybridized carbons (Fsp3) is 0.417. The van der Waals surface area contributed by atoms with Crippen molar-refractivity contribution in [2.24, 2.45) is 0 Å². The molecular weight excluding hydrogens is 268 g/mol. The highest BCUT2D eigenvalue weighted by Crippen LogP contribution is 2.26. The number of nitrogens with zero attached hydrogens (tertiary/aromatic N) is 1. The van der Waals surface area contributed by atoms with Crippen molar-refractivity contribution in [2.45, 2.75) is 12.5 Å². The molecule has 1 saturated heterocycles. The van der Waals surface area contributed by atoms with E-state index < -0.39 is 15.8 Å². The zero-order valence-electron chi connectivity index (χ0n) is 10.5. The first-order valence-electron chi connectivity index (χ1n) is 5.86. The molecule has 1 aliphatic heterocycles. The number of carboxylic acid groups (broad SMARTS) is 1. The highest BCUT2D eigenvalue weighted by atomic mass is 32.2. The van der Waals surface area contributed by atoms with Gasteiger partial charge in [0, 0.05) is 24.5 Å². The lowest BCUT2D eigenvalue weighted by Gasteiger charge is -2.26. The Bertz CT molecular complexity index is 612. The van der Waals surface area contributed by atoms with E-state index in [2.05, 4.69) is 0 Å². The van der Waals surface area contributed by atoms with Gasteiger partial charge in [0.05, 0.1) is 17.1 Å². The highest BCUT2D eigenvalue weighted by Gasteiger charge is 2.31. The van der Waals surface area contributed by atoms with Crippen LogP contribution in [0.15, 0.2) is 18.2 Å². The Labute approximate surface area is 111 Å². The second kappa shape index (κ2) is 4.73. The summed E-state index contributed by atoms with van der Waals surface area (Å²) in [5.41, 5.74) is 6.48. The molecule has 2 rings (SSSR count). The molecule has 7 heteroatoms. The lowest BCUT2D eigenvalue weighted by Crippen LogP contribution is -2.32. The van der Waals surface area contributed by atoms with Crippen LogP contribution in [0.4, 0.5) is 11.4 Å². The third-order valence-corrected chi connectivity index (χ3v) is 5.18. The fourth-order valence-electron chi connectivity index (χ4n) is 2.24. The molecular formula is C12H16N2O4S. The number of anilines is 2. The third kappa shape index (κ3) is 2.81. The van der Waals surface area contributed by atoms with E-state index in [1.54, 1.807) is 18.0 Å². The summed E-state index contributed by atoms with van der Waals surface area (Å²) in [5.74, 6) is -0.800. The first kappa shape index (κ1) is 13.7. The first-order valence-corrected chi connectivity index (χ1v) is 7.68. The standard InChI is InChI=1S/C12H16N2O4S/c1-14(9-4-5-19(17,18)7-9)8-2-3-11(13)10(6-8)12(15)16/h2-3,6,9H,4-5,7,13H2,1H3,(H,15,16). The summed E-state index contributed by atoms with van der Waals surface area (Å²) < 4.78 is 22.9. The van der Waals surface area contributed by atoms with Gasteiger partial charge >= 0.3 is 5.97 Å². The van der Waals surface area contributed by atoms with E-state index in [-0.39, 0.29) is 28.8 Å². The Kier molecular flexibility index (Phi) is 3.40. The van der Waals surface area contributed by atoms with Gasteiger partial charge in [-0.2, -0.15) is 0 Å². The van der Waals surface area contributed by atoms with E-state index in [0.29, 0.717) is 12.1 Å². The molecule has 0 bridgehead atoms. The van der Waals surface area contributed by atoms with Crippen molar-refractivity contribution < 1.29 is 18.3 Å². The normalized spacial score (nSPS) is 21.2. The summed E-state index contributed by atoms with van der Waals surface area (Å²) in [6.07, 6.45) is 0.561. The summed E-state index contributed by atoms with van der Waals surface area (Å²) in [4.78, 5) is 12.8. The Morgan fingerprint density at radius 1 is 1.47 bits per heavy atom. The number of rotatable bonds is 3. The molecule has 1 unspecified atom stereocenters. The molecule has 1 aliphatic rings. The largest absolute Gasteiger partial charge is 0.478 e. The van der Waals surface area contributed by atoms with Crippen LogP contribution < -0.4 is 10.6 Å². The van der Waals surface area contributed by atoms with Gasteiger partial charge in [-0.15, -0.1) is 0 Å². The summed E-state index contributed by atoms with van der Waals surface area (Å²) in [5, 5.41) is 9.03. The number of sulfone groups is 1. The Morgan fingerprint density at radius 3 is 2.68 bits per heavy atom. The van der Waals surface area contributed by atoms with Crippen molar-refractivity contribution in [3.8, 4) is 0 Å². The summed E-state index contributed by atoms with van der Waals surface area (Å²) in [6, 6.07) is 4.59. The molecule has 1 fully saturated rings. The number of nitrogens with two attached hydrogens (primary N) is 1. The molecule has 0 aliphatic carbocycles. The zero-order chi connectivity index (χ0) is 14.2. The van der Waals surface area contributed by atoms with Crippen LogP contribution >= 0.6 is 0 Å². The Balaban J connectivity index is 2.27. The van der Waals surface area contributed by atoms with Crippen LogP contribution in [0, 0.1) is 0 Å². The molecule has 0 saturated carbocycles. The lowest BCUT2D eigenvalue weighted by molar-refractivity contribution is 0.0698. The second-order valence-corrected chi connectivity index (χ2v) is 6.97. The molecule has 104 valence electrons. The Morgan fingerprint density at radius 2 is 2.16 bits per heavy atom. The average molecular weight is 284 g/mol. The smallest absolute Gasteiger partial charge is 0.337 e. The molecule has 1 atom stereocenters. The summed E-state index contributed by atoms with van der Waals surface area (Å²) in [7, 11) is -1.20. The van der Waals surface area contributed by atoms with Crippen LogP contribution in [-0.2, 0) is 9.84 Å². The van der Waals surface area contributed by atoms with Gasteiger partial charge in [0.2, 0.25) is 0 Å². The van der Waals surface area contributed by atoms with Crippen molar-refractivity contribution in [1.29, 1.82) is 0 Å². The zero-order valence-corrected chi connectivity index (χ0v) is 11.4. The minimum Gasteiger partial charge on any atom is -0.478 e. The number of carboxylic acids is 1. The maximum absolute atomic E-state index is 11.5. The van der Waals surface area contributed by atoms with Gasteiger partial charge in [-0.3, -0.25) is 0 Å². The molecule has 0 aromatic heterocycles. The van der Waals surface area contributed by atoms with Gasteiger partial charge in [-0.25, -0.2) is 13.2 Å². The van der Waals surface area contributed by atoms with E-state index in [4.69, 9.17) is 10.8 Å². The van der Waals surface area contributed by atoms with Crippen LogP contribution in [0.5, 0.6) is 0 Å². The lowest BCUT2D eigenvalue weighted by atomic mass is 10.1. The molecule has 0 radical (unpaired) electrons. The number of nitrogen functional groups attached to an aromatic ring is 1. The van der Waals surface area contributed by atoms with E-state index >= 15 is 0 Å². The minimum absolute atomic E-state index is 0.0326. The maximum atomic E-state index is 11.5. The average Bonchev–Trinajstić information content (AvgIpc) is 2.69. The number of hydrogen-bond donors (Lipinski definition) is 2. The van der Waals surface area contributed by atoms with E-state index in [1.165, 1.54) is 12.1 Å². The van der Waals surface area contributed by atoms with Crippen LogP contribution in [0.2, 0.25) is 0 Å². The number of benzene rings is 1. The van der Waals surface area contributed by atoms with Gasteiger partial charge in [-0.05, 0) is 24.6 Å². The molecule has 1 heterocycles. The molecule has 3 N–H and O–H groups in total. The molecule has 0 spiro atoms. The van der Waals surface area contributed by atoms with E-state index in [9.17, 15) is 13.2 Å². The van der Waals surface area contributed by atoms with Crippen molar-refractivity contribution in [3.05, 3.63) is 23.8 Å². The van der Waals surface area contributed by atoms with Crippen LogP contribution in [0.3, 0.4) is 0 Å². The van der Waals surface area contributed by atoms with Crippen molar-refractivity contribution >= 4 is 27.2 Å². The molecule has 0 amide bonds. The first-order chi connectivity index (χ1) is 8.80. The predicted molar refractivity (Wildman–Crippen MR) is 73.3 cm³/mol. The maximum Gasteiger partial charge on any atom is 0.337 e. The van der Waals surface area contributed by atoms with Crippen molar-refractivity contribution in [1.82, 2.24) is 0 Å². The number of hydrogen-bond acceptors (Lipinski definition) is 5. The molecule has 1 aromatic rings. The van der Waals surface area contributed by atoms with Gasteiger partial charge in [0.15, 0.2) is 9.84 Å². The Hall–Kier alpha value is -1.76. The van der Waals surface area contributed by atoms with Gasteiger partial charge in [0.25, 0.3) is 0 Å². The second-order valence-electron chi connectivity index (χ2n) is 4.74. The molecule has 1 aromatic carbocycles. The van der Waals surface area contributed by atoms with Crippen LogP contribution in [0.25, 0.3) is 0 Å². The van der Waals surface area contributed by atoms with E-state index in [0.717, 1.165) is 0 Å². The predicted octanol–water partition coefficient (Wildman–Crippen LogP) is 0.590. The van der Waals surface area contributed by atoms with E-state index in [1.807, 2.05) is 0 Å². The highest BCUT2D eigenvalue weighted by molar-refractivity contribution is 7.91. The monoisotopic (exact) mass is 284 g/mol. The van der Waals surface area contributed by atoms with Gasteiger partial charge in [0.1, 0.15) is 0 Å². The van der Waals surface area contributed by atoms with Gasteiger partial charge < -0.3 is 15.7 Å². The van der Waals surface area contributed by atoms with Crippen LogP contribution in [-0.4, -0.2) is 44.1 Å². The van der Waals surface area contributed by atoms with Gasteiger partial charge in [-0.1, -0.05) is 0 Å². The number of carbonyl (C=O) groups is 1. The van der Waals surface area contributed by atoms with Crippen molar-refractivity contribution in [2.75, 3.05) is 29.2 Å².